The summed E-state index contributed by atoms with van der Waals surface area (Å²) >= 11 is 0. The van der Waals surface area contributed by atoms with Gasteiger partial charge in [0.2, 0.25) is 0 Å². The van der Waals surface area contributed by atoms with E-state index >= 15 is 0 Å². The van der Waals surface area contributed by atoms with E-state index in [1.165, 1.54) is 0 Å². The average molecular weight is 1340 g/mol. The van der Waals surface area contributed by atoms with Crippen LogP contribution in [0.15, 0.2) is 315 Å². The molecular weight excluding hydrogens is 1280 g/mol. The third-order valence-corrected chi connectivity index (χ3v) is 23.4. The number of phenols is 4. The lowest BCUT2D eigenvalue weighted by Crippen LogP contribution is -2.44. The third kappa shape index (κ3) is 7.83. The van der Waals surface area contributed by atoms with Crippen molar-refractivity contribution in [1.29, 1.82) is 0 Å². The van der Waals surface area contributed by atoms with E-state index in [4.69, 9.17) is 0 Å². The third-order valence-electron chi connectivity index (χ3n) is 23.4. The molecule has 0 amide bonds. The maximum Gasteiger partial charge on any atom is 0.141 e. The zero-order valence-corrected chi connectivity index (χ0v) is 55.6. The van der Waals surface area contributed by atoms with Gasteiger partial charge in [0.25, 0.3) is 0 Å². The van der Waals surface area contributed by atoms with Gasteiger partial charge in [0, 0.05) is 44.5 Å². The van der Waals surface area contributed by atoms with Crippen molar-refractivity contribution >= 4 is 86.2 Å². The van der Waals surface area contributed by atoms with Crippen molar-refractivity contribution in [3.05, 3.63) is 382 Å². The fourth-order valence-electron chi connectivity index (χ4n) is 18.7. The second-order valence-corrected chi connectivity index (χ2v) is 28.3. The molecule has 0 aliphatic heterocycles. The Morgan fingerprint density at radius 3 is 0.577 bits per heavy atom. The van der Waals surface area contributed by atoms with Gasteiger partial charge in [0.15, 0.2) is 0 Å². The van der Waals surface area contributed by atoms with Gasteiger partial charge in [-0.1, -0.05) is 267 Å². The Bertz CT molecular complexity index is 6340. The quantitative estimate of drug-likeness (QED) is 0.0764. The normalized spacial score (nSPS) is 16.7. The second kappa shape index (κ2) is 21.3. The van der Waals surface area contributed by atoms with Crippen molar-refractivity contribution in [2.24, 2.45) is 0 Å². The first-order valence-electron chi connectivity index (χ1n) is 35.0. The van der Waals surface area contributed by atoms with E-state index in [9.17, 15) is 40.9 Å². The van der Waals surface area contributed by atoms with Crippen LogP contribution >= 0.6 is 0 Å². The van der Waals surface area contributed by atoms with E-state index < -0.39 is 22.4 Å². The van der Waals surface area contributed by atoms with Gasteiger partial charge in [-0.2, -0.15) is 0 Å². The highest BCUT2D eigenvalue weighted by atomic mass is 16.3. The molecule has 0 heterocycles. The molecule has 0 spiro atoms. The van der Waals surface area contributed by atoms with Gasteiger partial charge in [-0.25, -0.2) is 0 Å². The summed E-state index contributed by atoms with van der Waals surface area (Å²) in [5.41, 5.74) is 7.76. The summed E-state index contributed by atoms with van der Waals surface area (Å²) in [6, 6.07) is 101. The van der Waals surface area contributed by atoms with Gasteiger partial charge < -0.3 is 40.9 Å². The van der Waals surface area contributed by atoms with E-state index in [-0.39, 0.29) is 23.0 Å². The molecule has 0 bridgehead atoms. The molecule has 104 heavy (non-hydrogen) atoms. The number of benzene rings is 18. The lowest BCUT2D eigenvalue weighted by Gasteiger charge is -2.45. The zero-order chi connectivity index (χ0) is 69.9. The molecule has 21 rings (SSSR count). The van der Waals surface area contributed by atoms with Crippen LogP contribution in [0, 0.1) is 0 Å². The van der Waals surface area contributed by atoms with Crippen LogP contribution in [-0.2, 0) is 22.4 Å². The number of fused-ring (bicyclic) bond motifs is 20. The molecule has 0 unspecified atom stereocenters. The Labute approximate surface area is 595 Å². The lowest BCUT2D eigenvalue weighted by atomic mass is 9.63. The molecule has 8 heteroatoms. The number of hydrogen-bond donors (Lipinski definition) is 8. The molecule has 18 aromatic rings. The van der Waals surface area contributed by atoms with Crippen LogP contribution in [0.5, 0.6) is 23.0 Å². The van der Waals surface area contributed by atoms with Crippen LogP contribution in [0.1, 0.15) is 66.8 Å². The standard InChI is InChI=1S/C96H60O8/c97-85-45-41-65-61-37-29-57(93(101)77-17-5-1-13-69(77)70-14-2-6-18-78(70)93)49-53(61)25-33-73(65)89(85)91-75-35-27-55-51-59(31-39-63(55)67(75)43-47-87(91)99)95(103)81-21-9-11-23-83(81)96(104,84-24-12-10-22-82(84)95)60-32-40-64-56(52-60)28-36-76-68(64)44-48-88(100)92(76)90-74-34-26-54-50-58(30-38-62(54)66(74)42-46-86(90)98)94(102)79-19-7-3-15-71(79)72-16-4-8-20-80(72)94/h1-52,97-104H. The minimum absolute atomic E-state index is 0.00270. The number of aromatic hydroxyl groups is 4. The van der Waals surface area contributed by atoms with Gasteiger partial charge in [0.1, 0.15) is 45.4 Å². The first-order valence-corrected chi connectivity index (χ1v) is 35.0. The summed E-state index contributed by atoms with van der Waals surface area (Å²) in [7, 11) is 0. The Morgan fingerprint density at radius 1 is 0.163 bits per heavy atom. The minimum Gasteiger partial charge on any atom is -0.507 e. The molecule has 0 atom stereocenters. The highest BCUT2D eigenvalue weighted by Gasteiger charge is 2.51. The van der Waals surface area contributed by atoms with E-state index in [1.54, 1.807) is 24.3 Å². The molecule has 8 N–H and O–H groups in total. The molecule has 3 aliphatic carbocycles. The average Bonchev–Trinajstić information content (AvgIpc) is 1.10. The Balaban J connectivity index is 0.636. The van der Waals surface area contributed by atoms with Gasteiger partial charge in [0.05, 0.1) is 0 Å². The van der Waals surface area contributed by atoms with Crippen molar-refractivity contribution < 1.29 is 40.9 Å². The lowest BCUT2D eigenvalue weighted by molar-refractivity contribution is 0.0749. The first-order chi connectivity index (χ1) is 50.7. The summed E-state index contributed by atoms with van der Waals surface area (Å²) in [6.07, 6.45) is 0. The Hall–Kier alpha value is -12.9. The molecule has 0 aromatic heterocycles. The van der Waals surface area contributed by atoms with Crippen molar-refractivity contribution in [1.82, 2.24) is 0 Å². The fourth-order valence-corrected chi connectivity index (χ4v) is 18.7. The summed E-state index contributed by atoms with van der Waals surface area (Å²) in [5, 5.41) is 115. The summed E-state index contributed by atoms with van der Waals surface area (Å²) in [5.74, 6) is 0.0242. The largest absolute Gasteiger partial charge is 0.507 e. The van der Waals surface area contributed by atoms with Crippen LogP contribution in [0.25, 0.3) is 131 Å². The number of rotatable bonds is 6. The Morgan fingerprint density at radius 2 is 0.346 bits per heavy atom. The maximum absolute atomic E-state index is 13.9. The summed E-state index contributed by atoms with van der Waals surface area (Å²) in [4.78, 5) is 0. The predicted molar refractivity (Wildman–Crippen MR) is 416 cm³/mol. The van der Waals surface area contributed by atoms with Crippen molar-refractivity contribution in [3.63, 3.8) is 0 Å². The molecule has 3 aliphatic rings. The van der Waals surface area contributed by atoms with Gasteiger partial charge >= 0.3 is 0 Å². The van der Waals surface area contributed by atoms with E-state index in [0.717, 1.165) is 142 Å². The molecule has 0 saturated carbocycles. The smallest absolute Gasteiger partial charge is 0.141 e. The van der Waals surface area contributed by atoms with Crippen molar-refractivity contribution in [2.45, 2.75) is 22.4 Å². The fraction of sp³-hybridized carbons (Fsp3) is 0.0417. The Kier molecular flexibility index (Phi) is 12.3. The summed E-state index contributed by atoms with van der Waals surface area (Å²) in [6.45, 7) is 0. The highest BCUT2D eigenvalue weighted by Crippen LogP contribution is 2.58. The SMILES string of the molecule is Oc1ccc2c(ccc3cc(C4(O)c5ccccc5-c5ccccc54)ccc32)c1-c1c(O)ccc2c1ccc1cc(C3(O)c4ccccc4C(O)(c4ccc5c(ccc6c(-c7c(O)ccc8c7ccc7cc(C9(O)c%10ccccc%10-c%10ccccc%109)ccc78)c(O)ccc65)c4)c4ccccc43)ccc12. The molecule has 8 nitrogen and oxygen atoms in total. The topological polar surface area (TPSA) is 162 Å². The zero-order valence-electron chi connectivity index (χ0n) is 55.6. The van der Waals surface area contributed by atoms with Gasteiger partial charge in [-0.15, -0.1) is 0 Å². The molecule has 0 saturated heterocycles. The molecule has 18 aromatic carbocycles. The first kappa shape index (κ1) is 59.9. The number of hydrogen-bond acceptors (Lipinski definition) is 8. The van der Waals surface area contributed by atoms with Crippen LogP contribution in [0.3, 0.4) is 0 Å². The van der Waals surface area contributed by atoms with Crippen LogP contribution < -0.4 is 0 Å². The summed E-state index contributed by atoms with van der Waals surface area (Å²) < 4.78 is 0. The second-order valence-electron chi connectivity index (χ2n) is 28.3. The van der Waals surface area contributed by atoms with Gasteiger partial charge in [-0.05, 0) is 201 Å². The van der Waals surface area contributed by atoms with Crippen LogP contribution in [0.4, 0.5) is 0 Å². The van der Waals surface area contributed by atoms with Gasteiger partial charge in [-0.3, -0.25) is 0 Å². The minimum atomic E-state index is -1.75. The van der Waals surface area contributed by atoms with Crippen LogP contribution in [-0.4, -0.2) is 40.9 Å². The van der Waals surface area contributed by atoms with Crippen molar-refractivity contribution in [2.75, 3.05) is 0 Å². The molecule has 0 radical (unpaired) electrons. The highest BCUT2D eigenvalue weighted by molar-refractivity contribution is 6.22. The number of aliphatic hydroxyl groups is 4. The molecule has 0 fully saturated rings. The molecule has 492 valence electrons. The van der Waals surface area contributed by atoms with Crippen molar-refractivity contribution in [3.8, 4) is 67.5 Å². The monoisotopic (exact) mass is 1340 g/mol. The molecular formula is C96H60O8. The van der Waals surface area contributed by atoms with Crippen LogP contribution in [0.2, 0.25) is 0 Å². The van der Waals surface area contributed by atoms with E-state index in [2.05, 4.69) is 36.4 Å². The van der Waals surface area contributed by atoms with E-state index in [0.29, 0.717) is 55.6 Å². The predicted octanol–water partition coefficient (Wildman–Crippen LogP) is 20.5. The van der Waals surface area contributed by atoms with E-state index in [1.807, 2.05) is 255 Å². The number of phenolic OH excluding ortho intramolecular Hbond substituents is 4. The maximum atomic E-state index is 13.9.